The van der Waals surface area contributed by atoms with E-state index >= 15 is 0 Å². The number of rotatable bonds is 3. The van der Waals surface area contributed by atoms with Gasteiger partial charge in [-0.2, -0.15) is 8.42 Å². The second kappa shape index (κ2) is 6.58. The topological polar surface area (TPSA) is 116 Å². The highest BCUT2D eigenvalue weighted by Gasteiger charge is 2.54. The van der Waals surface area contributed by atoms with Gasteiger partial charge in [0.05, 0.1) is 11.7 Å². The molecule has 3 rings (SSSR count). The van der Waals surface area contributed by atoms with Crippen LogP contribution in [0, 0.1) is 17.3 Å². The van der Waals surface area contributed by atoms with Gasteiger partial charge in [-0.1, -0.05) is 34.6 Å². The summed E-state index contributed by atoms with van der Waals surface area (Å²) in [6.07, 6.45) is 0. The molecular formula is C19H25N3O5S. The summed E-state index contributed by atoms with van der Waals surface area (Å²) in [6.45, 7) is 9.94. The van der Waals surface area contributed by atoms with Crippen molar-refractivity contribution in [3.63, 3.8) is 0 Å². The Kier molecular flexibility index (Phi) is 4.77. The van der Waals surface area contributed by atoms with E-state index in [1.807, 2.05) is 34.6 Å². The van der Waals surface area contributed by atoms with E-state index in [0.717, 1.165) is 6.07 Å². The Balaban J connectivity index is 2.06. The number of fused-ring (bicyclic) bond motifs is 1. The Morgan fingerprint density at radius 2 is 1.89 bits per heavy atom. The van der Waals surface area contributed by atoms with Gasteiger partial charge in [-0.15, -0.1) is 4.40 Å². The zero-order chi connectivity index (χ0) is 21.0. The minimum Gasteiger partial charge on any atom is -0.508 e. The molecule has 8 nitrogen and oxygen atoms in total. The van der Waals surface area contributed by atoms with Gasteiger partial charge < -0.3 is 15.3 Å². The van der Waals surface area contributed by atoms with Crippen LogP contribution in [0.3, 0.4) is 0 Å². The van der Waals surface area contributed by atoms with Gasteiger partial charge in [0.15, 0.2) is 11.7 Å². The fraction of sp³-hybridized carbons (Fsp3) is 0.526. The van der Waals surface area contributed by atoms with Crippen LogP contribution in [0.25, 0.3) is 0 Å². The lowest BCUT2D eigenvalue weighted by Crippen LogP contribution is -2.46. The molecule has 2 N–H and O–H groups in total. The van der Waals surface area contributed by atoms with Crippen LogP contribution in [0.15, 0.2) is 27.5 Å². The van der Waals surface area contributed by atoms with Gasteiger partial charge in [0.1, 0.15) is 16.5 Å². The third-order valence-electron chi connectivity index (χ3n) is 4.78. The fourth-order valence-electron chi connectivity index (χ4n) is 3.75. The lowest BCUT2D eigenvalue weighted by molar-refractivity contribution is -0.132. The van der Waals surface area contributed by atoms with Crippen LogP contribution in [0.1, 0.15) is 34.6 Å². The highest BCUT2D eigenvalue weighted by Crippen LogP contribution is 2.38. The Morgan fingerprint density at radius 1 is 1.25 bits per heavy atom. The molecular weight excluding hydrogens is 382 g/mol. The van der Waals surface area contributed by atoms with Gasteiger partial charge in [-0.3, -0.25) is 9.59 Å². The average Bonchev–Trinajstić information content (AvgIpc) is 2.77. The number of anilines is 1. The first-order valence-corrected chi connectivity index (χ1v) is 10.6. The fourth-order valence-corrected chi connectivity index (χ4v) is 4.93. The number of carbonyl (C=O) groups excluding carboxylic acids is 2. The zero-order valence-electron chi connectivity index (χ0n) is 16.6. The summed E-state index contributed by atoms with van der Waals surface area (Å²) >= 11 is 0. The van der Waals surface area contributed by atoms with Crippen LogP contribution in [-0.4, -0.2) is 48.5 Å². The van der Waals surface area contributed by atoms with Crippen molar-refractivity contribution in [2.24, 2.45) is 21.6 Å². The highest BCUT2D eigenvalue weighted by molar-refractivity contribution is 7.90. The molecule has 0 saturated carbocycles. The molecule has 1 saturated heterocycles. The summed E-state index contributed by atoms with van der Waals surface area (Å²) in [4.78, 5) is 27.7. The zero-order valence-corrected chi connectivity index (χ0v) is 17.4. The molecule has 2 heterocycles. The molecule has 0 spiro atoms. The number of hydrogen-bond acceptors (Lipinski definition) is 6. The van der Waals surface area contributed by atoms with Gasteiger partial charge in [0.25, 0.3) is 10.0 Å². The predicted molar refractivity (Wildman–Crippen MR) is 105 cm³/mol. The van der Waals surface area contributed by atoms with E-state index in [1.165, 1.54) is 12.1 Å². The van der Waals surface area contributed by atoms with Crippen molar-refractivity contribution >= 4 is 33.2 Å². The summed E-state index contributed by atoms with van der Waals surface area (Å²) < 4.78 is 28.8. The quantitative estimate of drug-likeness (QED) is 0.585. The Hall–Kier alpha value is -2.42. The molecule has 1 amide bonds. The van der Waals surface area contributed by atoms with Crippen LogP contribution in [0.4, 0.5) is 5.69 Å². The van der Waals surface area contributed by atoms with E-state index < -0.39 is 33.3 Å². The van der Waals surface area contributed by atoms with E-state index in [-0.39, 0.29) is 33.9 Å². The van der Waals surface area contributed by atoms with Crippen LogP contribution < -0.4 is 5.32 Å². The number of Topliss-reactive ketones (excluding diaryl/α,β-unsaturated/α-hetero) is 1. The number of nitrogens with zero attached hydrogens (tertiary/aromatic N) is 2. The van der Waals surface area contributed by atoms with E-state index in [1.54, 1.807) is 4.90 Å². The van der Waals surface area contributed by atoms with E-state index in [2.05, 4.69) is 9.71 Å². The second-order valence-electron chi connectivity index (χ2n) is 8.75. The number of hydrogen-bond donors (Lipinski definition) is 2. The van der Waals surface area contributed by atoms with Crippen molar-refractivity contribution in [1.82, 2.24) is 4.90 Å². The van der Waals surface area contributed by atoms with Crippen molar-refractivity contribution in [3.05, 3.63) is 18.2 Å². The molecule has 1 aromatic carbocycles. The number of phenolic OH excluding ortho intramolecular Hbond substituents is 1. The SMILES string of the molecule is CC(C)CN1C(=O)C(C2=NS(=O)(=O)c3cc(O)ccc3N2)C(=O)[C@@H]1C(C)(C)C. The first-order chi connectivity index (χ1) is 12.8. The third kappa shape index (κ3) is 3.39. The molecule has 1 unspecified atom stereocenters. The normalized spacial score (nSPS) is 24.2. The molecule has 2 atom stereocenters. The molecule has 0 radical (unpaired) electrons. The maximum absolute atomic E-state index is 13.2. The summed E-state index contributed by atoms with van der Waals surface area (Å²) in [5.41, 5.74) is -0.327. The molecule has 28 heavy (non-hydrogen) atoms. The number of benzene rings is 1. The number of amides is 1. The molecule has 9 heteroatoms. The van der Waals surface area contributed by atoms with Crippen molar-refractivity contribution < 1.29 is 23.1 Å². The van der Waals surface area contributed by atoms with E-state index in [9.17, 15) is 23.1 Å². The van der Waals surface area contributed by atoms with Crippen LogP contribution in [-0.2, 0) is 19.6 Å². The van der Waals surface area contributed by atoms with Crippen LogP contribution in [0.5, 0.6) is 5.75 Å². The Labute approximate surface area is 164 Å². The Bertz CT molecular complexity index is 976. The maximum Gasteiger partial charge on any atom is 0.286 e. The molecule has 152 valence electrons. The second-order valence-corrected chi connectivity index (χ2v) is 10.3. The number of sulfonamides is 1. The number of amidine groups is 1. The van der Waals surface area contributed by atoms with Crippen molar-refractivity contribution in [1.29, 1.82) is 0 Å². The molecule has 1 aromatic rings. The van der Waals surface area contributed by atoms with Gasteiger partial charge in [-0.05, 0) is 23.5 Å². The molecule has 0 aromatic heterocycles. The van der Waals surface area contributed by atoms with Crippen molar-refractivity contribution in [2.45, 2.75) is 45.6 Å². The molecule has 1 fully saturated rings. The first kappa shape index (κ1) is 20.3. The number of nitrogens with one attached hydrogen (secondary N) is 1. The standard InChI is InChI=1S/C19H25N3O5S/c1-10(2)9-22-16(19(3,4)5)15(24)14(18(22)25)17-20-12-7-6-11(23)8-13(12)28(26,27)21-17/h6-8,10,14,16,23H,9H2,1-5H3,(H,20,21)/t14?,16-/m1/s1. The smallest absolute Gasteiger partial charge is 0.286 e. The molecule has 2 aliphatic rings. The minimum absolute atomic E-state index is 0.147. The van der Waals surface area contributed by atoms with Gasteiger partial charge in [0.2, 0.25) is 5.91 Å². The molecule has 0 aliphatic carbocycles. The Morgan fingerprint density at radius 3 is 2.46 bits per heavy atom. The number of aromatic hydroxyl groups is 1. The number of phenols is 1. The third-order valence-corrected chi connectivity index (χ3v) is 6.11. The highest BCUT2D eigenvalue weighted by atomic mass is 32.2. The van der Waals surface area contributed by atoms with E-state index in [0.29, 0.717) is 6.54 Å². The van der Waals surface area contributed by atoms with Crippen LogP contribution >= 0.6 is 0 Å². The maximum atomic E-state index is 13.2. The summed E-state index contributed by atoms with van der Waals surface area (Å²) in [6, 6.07) is 3.12. The summed E-state index contributed by atoms with van der Waals surface area (Å²) in [7, 11) is -4.15. The van der Waals surface area contributed by atoms with Crippen molar-refractivity contribution in [3.8, 4) is 5.75 Å². The number of likely N-dealkylation sites (tertiary alicyclic amines) is 1. The first-order valence-electron chi connectivity index (χ1n) is 9.12. The van der Waals surface area contributed by atoms with Crippen LogP contribution in [0.2, 0.25) is 0 Å². The number of carbonyl (C=O) groups is 2. The monoisotopic (exact) mass is 407 g/mol. The van der Waals surface area contributed by atoms with Gasteiger partial charge in [-0.25, -0.2) is 0 Å². The summed E-state index contributed by atoms with van der Waals surface area (Å²) in [5.74, 6) is -2.35. The van der Waals surface area contributed by atoms with E-state index in [4.69, 9.17) is 0 Å². The lowest BCUT2D eigenvalue weighted by atomic mass is 9.82. The van der Waals surface area contributed by atoms with Crippen molar-refractivity contribution in [2.75, 3.05) is 11.9 Å². The number of ketones is 1. The summed E-state index contributed by atoms with van der Waals surface area (Å²) in [5, 5.41) is 12.4. The lowest BCUT2D eigenvalue weighted by Gasteiger charge is -2.34. The van der Waals surface area contributed by atoms with Gasteiger partial charge in [0, 0.05) is 12.6 Å². The molecule has 0 bridgehead atoms. The predicted octanol–water partition coefficient (Wildman–Crippen LogP) is 2.00. The average molecular weight is 407 g/mol. The largest absolute Gasteiger partial charge is 0.508 e. The minimum atomic E-state index is -4.15. The van der Waals surface area contributed by atoms with Gasteiger partial charge >= 0.3 is 0 Å². The molecule has 2 aliphatic heterocycles.